The number of hydrogen-bond acceptors (Lipinski definition) is 2. The van der Waals surface area contributed by atoms with Crippen LogP contribution in [0.25, 0.3) is 0 Å². The van der Waals surface area contributed by atoms with Gasteiger partial charge < -0.3 is 0 Å². The highest BCUT2D eigenvalue weighted by atomic mass is 32.2. The van der Waals surface area contributed by atoms with Gasteiger partial charge in [0.25, 0.3) is 0 Å². The lowest BCUT2D eigenvalue weighted by molar-refractivity contribution is 0.828. The van der Waals surface area contributed by atoms with Crippen molar-refractivity contribution in [1.82, 2.24) is 4.98 Å². The van der Waals surface area contributed by atoms with Gasteiger partial charge >= 0.3 is 0 Å². The van der Waals surface area contributed by atoms with Gasteiger partial charge in [0.05, 0.1) is 0 Å². The standard InChI is InChI=1S/C11H13NS/c1-2-3-4-5-10-13-11-6-8-12-9-7-11/h6-9H,2-4H2,1H3. The Balaban J connectivity index is 2.29. The third-order valence-corrected chi connectivity index (χ3v) is 2.30. The molecule has 0 aliphatic carbocycles. The molecular weight excluding hydrogens is 178 g/mol. The predicted octanol–water partition coefficient (Wildman–Crippen LogP) is 3.32. The summed E-state index contributed by atoms with van der Waals surface area (Å²) >= 11 is 1.57. The summed E-state index contributed by atoms with van der Waals surface area (Å²) in [6.45, 7) is 2.18. The maximum atomic E-state index is 3.94. The van der Waals surface area contributed by atoms with Gasteiger partial charge in [-0.05, 0) is 35.6 Å². The van der Waals surface area contributed by atoms with Gasteiger partial charge in [-0.1, -0.05) is 19.3 Å². The van der Waals surface area contributed by atoms with Gasteiger partial charge in [-0.25, -0.2) is 0 Å². The third-order valence-electron chi connectivity index (χ3n) is 1.55. The number of pyridine rings is 1. The third kappa shape index (κ3) is 4.59. The van der Waals surface area contributed by atoms with E-state index in [1.165, 1.54) is 17.7 Å². The Labute approximate surface area is 84.0 Å². The molecule has 0 saturated carbocycles. The van der Waals surface area contributed by atoms with Crippen LogP contribution in [0.2, 0.25) is 0 Å². The van der Waals surface area contributed by atoms with Crippen LogP contribution in [0.3, 0.4) is 0 Å². The second kappa shape index (κ2) is 6.56. The predicted molar refractivity (Wildman–Crippen MR) is 57.4 cm³/mol. The zero-order valence-electron chi connectivity index (χ0n) is 7.79. The van der Waals surface area contributed by atoms with Crippen molar-refractivity contribution in [3.05, 3.63) is 24.5 Å². The highest BCUT2D eigenvalue weighted by Crippen LogP contribution is 2.14. The Morgan fingerprint density at radius 2 is 2.15 bits per heavy atom. The molecule has 2 heteroatoms. The molecule has 1 heterocycles. The Morgan fingerprint density at radius 3 is 2.85 bits per heavy atom. The zero-order valence-corrected chi connectivity index (χ0v) is 8.60. The van der Waals surface area contributed by atoms with Gasteiger partial charge in [0.1, 0.15) is 0 Å². The maximum Gasteiger partial charge on any atom is 0.0279 e. The van der Waals surface area contributed by atoms with Crippen LogP contribution in [0.5, 0.6) is 0 Å². The highest BCUT2D eigenvalue weighted by molar-refractivity contribution is 8.03. The van der Waals surface area contributed by atoms with E-state index in [0.29, 0.717) is 0 Å². The first-order valence-corrected chi connectivity index (χ1v) is 5.30. The lowest BCUT2D eigenvalue weighted by atomic mass is 10.3. The van der Waals surface area contributed by atoms with Gasteiger partial charge in [0.2, 0.25) is 0 Å². The number of hydrogen-bond donors (Lipinski definition) is 0. The lowest BCUT2D eigenvalue weighted by Crippen LogP contribution is -1.70. The Bertz CT molecular complexity index is 284. The van der Waals surface area contributed by atoms with Crippen LogP contribution in [0.4, 0.5) is 0 Å². The minimum absolute atomic E-state index is 1.01. The van der Waals surface area contributed by atoms with E-state index < -0.39 is 0 Å². The van der Waals surface area contributed by atoms with E-state index in [1.54, 1.807) is 24.2 Å². The van der Waals surface area contributed by atoms with Gasteiger partial charge in [-0.3, -0.25) is 4.98 Å². The number of aromatic nitrogens is 1. The molecule has 1 aromatic rings. The summed E-state index contributed by atoms with van der Waals surface area (Å²) in [4.78, 5) is 5.11. The van der Waals surface area contributed by atoms with Crippen molar-refractivity contribution in [2.75, 3.05) is 0 Å². The van der Waals surface area contributed by atoms with Crippen LogP contribution < -0.4 is 0 Å². The van der Waals surface area contributed by atoms with Crippen molar-refractivity contribution >= 4 is 11.8 Å². The van der Waals surface area contributed by atoms with E-state index in [2.05, 4.69) is 23.1 Å². The molecule has 0 amide bonds. The summed E-state index contributed by atoms with van der Waals surface area (Å²) in [5.41, 5.74) is 0. The molecule has 1 aromatic heterocycles. The number of thioether (sulfide) groups is 1. The van der Waals surface area contributed by atoms with Crippen molar-refractivity contribution in [3.63, 3.8) is 0 Å². The van der Waals surface area contributed by atoms with E-state index in [9.17, 15) is 0 Å². The van der Waals surface area contributed by atoms with E-state index in [1.807, 2.05) is 12.1 Å². The molecule has 0 spiro atoms. The lowest BCUT2D eigenvalue weighted by Gasteiger charge is -1.89. The molecule has 1 rings (SSSR count). The molecule has 68 valence electrons. The fraction of sp³-hybridized carbons (Fsp3) is 0.364. The molecule has 0 unspecified atom stereocenters. The van der Waals surface area contributed by atoms with Crippen molar-refractivity contribution in [2.24, 2.45) is 0 Å². The Hall–Kier alpha value is -0.940. The first-order chi connectivity index (χ1) is 6.43. The van der Waals surface area contributed by atoms with Gasteiger partial charge in [-0.15, -0.1) is 0 Å². The smallest absolute Gasteiger partial charge is 0.0279 e. The van der Waals surface area contributed by atoms with Crippen LogP contribution in [-0.2, 0) is 0 Å². The molecule has 1 nitrogen and oxygen atoms in total. The normalized spacial score (nSPS) is 9.00. The second-order valence-electron chi connectivity index (χ2n) is 2.67. The van der Waals surface area contributed by atoms with Crippen LogP contribution in [0, 0.1) is 11.2 Å². The minimum atomic E-state index is 1.01. The number of unbranched alkanes of at least 4 members (excludes halogenated alkanes) is 2. The molecule has 0 radical (unpaired) electrons. The zero-order chi connectivity index (χ0) is 9.36. The number of rotatable bonds is 3. The summed E-state index contributed by atoms with van der Waals surface area (Å²) in [5, 5.41) is 3.08. The van der Waals surface area contributed by atoms with Crippen molar-refractivity contribution in [2.45, 2.75) is 31.1 Å². The van der Waals surface area contributed by atoms with E-state index >= 15 is 0 Å². The van der Waals surface area contributed by atoms with Crippen LogP contribution >= 0.6 is 11.8 Å². The molecule has 0 fully saturated rings. The molecule has 0 aromatic carbocycles. The maximum absolute atomic E-state index is 3.94. The molecular formula is C11H13NS. The number of nitrogens with zero attached hydrogens (tertiary/aromatic N) is 1. The summed E-state index contributed by atoms with van der Waals surface area (Å²) in [6, 6.07) is 3.94. The average molecular weight is 191 g/mol. The first kappa shape index (κ1) is 10.1. The monoisotopic (exact) mass is 191 g/mol. The largest absolute Gasteiger partial charge is 0.265 e. The van der Waals surface area contributed by atoms with Crippen LogP contribution in [0.15, 0.2) is 29.4 Å². The summed E-state index contributed by atoms with van der Waals surface area (Å²) in [6.07, 6.45) is 7.00. The SMILES string of the molecule is CCCCC#CSc1ccncc1. The molecule has 0 aliphatic rings. The van der Waals surface area contributed by atoms with Crippen LogP contribution in [0.1, 0.15) is 26.2 Å². The van der Waals surface area contributed by atoms with Gasteiger partial charge in [0.15, 0.2) is 0 Å². The molecule has 0 aliphatic heterocycles. The first-order valence-electron chi connectivity index (χ1n) is 4.48. The molecule has 0 bridgehead atoms. The Morgan fingerprint density at radius 1 is 1.38 bits per heavy atom. The summed E-state index contributed by atoms with van der Waals surface area (Å²) in [7, 11) is 0. The summed E-state index contributed by atoms with van der Waals surface area (Å²) in [5.74, 6) is 3.13. The fourth-order valence-corrected chi connectivity index (χ4v) is 1.37. The molecule has 0 N–H and O–H groups in total. The van der Waals surface area contributed by atoms with E-state index in [4.69, 9.17) is 0 Å². The molecule has 0 saturated heterocycles. The minimum Gasteiger partial charge on any atom is -0.265 e. The Kier molecular flexibility index (Phi) is 5.12. The summed E-state index contributed by atoms with van der Waals surface area (Å²) < 4.78 is 0. The van der Waals surface area contributed by atoms with Crippen LogP contribution in [-0.4, -0.2) is 4.98 Å². The molecule has 13 heavy (non-hydrogen) atoms. The highest BCUT2D eigenvalue weighted by Gasteiger charge is 1.86. The van der Waals surface area contributed by atoms with E-state index in [-0.39, 0.29) is 0 Å². The topological polar surface area (TPSA) is 12.9 Å². The van der Waals surface area contributed by atoms with Crippen molar-refractivity contribution in [1.29, 1.82) is 0 Å². The average Bonchev–Trinajstić information content (AvgIpc) is 2.19. The van der Waals surface area contributed by atoms with Crippen molar-refractivity contribution < 1.29 is 0 Å². The van der Waals surface area contributed by atoms with Gasteiger partial charge in [0, 0.05) is 23.7 Å². The van der Waals surface area contributed by atoms with E-state index in [0.717, 1.165) is 6.42 Å². The fourth-order valence-electron chi connectivity index (χ4n) is 0.817. The second-order valence-corrected chi connectivity index (χ2v) is 3.55. The van der Waals surface area contributed by atoms with Crippen molar-refractivity contribution in [3.8, 4) is 11.2 Å². The quantitative estimate of drug-likeness (QED) is 0.413. The molecule has 0 atom stereocenters. The van der Waals surface area contributed by atoms with Gasteiger partial charge in [-0.2, -0.15) is 0 Å².